The average Bonchev–Trinajstić information content (AvgIpc) is 2.24. The van der Waals surface area contributed by atoms with Crippen LogP contribution >= 0.6 is 23.5 Å². The standard InChI is InChI=1S/C12H23NS2/c1-5-6-7-11(13-4)12-8-14-9(2)10(3)15-12/h5,9-13H,1,6-8H2,2-4H3. The lowest BCUT2D eigenvalue weighted by Gasteiger charge is -2.35. The molecule has 1 aliphatic rings. The first-order chi connectivity index (χ1) is 7.19. The van der Waals surface area contributed by atoms with E-state index < -0.39 is 0 Å². The summed E-state index contributed by atoms with van der Waals surface area (Å²) < 4.78 is 0. The zero-order chi connectivity index (χ0) is 11.3. The van der Waals surface area contributed by atoms with Crippen molar-refractivity contribution >= 4 is 23.5 Å². The van der Waals surface area contributed by atoms with E-state index in [1.54, 1.807) is 0 Å². The van der Waals surface area contributed by atoms with Crippen LogP contribution in [0.25, 0.3) is 0 Å². The van der Waals surface area contributed by atoms with Gasteiger partial charge in [0, 0.05) is 27.5 Å². The predicted molar refractivity (Wildman–Crippen MR) is 75.0 cm³/mol. The molecule has 0 spiro atoms. The minimum atomic E-state index is 0.649. The molecule has 0 aromatic rings. The molecule has 1 saturated heterocycles. The fourth-order valence-corrected chi connectivity index (χ4v) is 5.04. The highest BCUT2D eigenvalue weighted by atomic mass is 32.2. The van der Waals surface area contributed by atoms with E-state index in [-0.39, 0.29) is 0 Å². The first kappa shape index (κ1) is 13.5. The van der Waals surface area contributed by atoms with Crippen molar-refractivity contribution in [1.82, 2.24) is 5.32 Å². The van der Waals surface area contributed by atoms with E-state index in [1.807, 2.05) is 6.08 Å². The zero-order valence-electron chi connectivity index (χ0n) is 10.0. The van der Waals surface area contributed by atoms with Gasteiger partial charge < -0.3 is 5.32 Å². The average molecular weight is 245 g/mol. The van der Waals surface area contributed by atoms with Gasteiger partial charge in [-0.1, -0.05) is 19.9 Å². The van der Waals surface area contributed by atoms with Crippen molar-refractivity contribution in [1.29, 1.82) is 0 Å². The van der Waals surface area contributed by atoms with E-state index >= 15 is 0 Å². The first-order valence-electron chi connectivity index (χ1n) is 5.74. The van der Waals surface area contributed by atoms with Crippen LogP contribution in [0.1, 0.15) is 26.7 Å². The predicted octanol–water partition coefficient (Wildman–Crippen LogP) is 3.17. The first-order valence-corrected chi connectivity index (χ1v) is 7.73. The van der Waals surface area contributed by atoms with Gasteiger partial charge in [-0.2, -0.15) is 23.5 Å². The molecule has 4 atom stereocenters. The highest BCUT2D eigenvalue weighted by molar-refractivity contribution is 8.07. The van der Waals surface area contributed by atoms with E-state index in [9.17, 15) is 0 Å². The van der Waals surface area contributed by atoms with E-state index in [0.717, 1.165) is 22.2 Å². The normalized spacial score (nSPS) is 33.7. The van der Waals surface area contributed by atoms with E-state index in [0.29, 0.717) is 6.04 Å². The lowest BCUT2D eigenvalue weighted by molar-refractivity contribution is 0.523. The van der Waals surface area contributed by atoms with Gasteiger partial charge >= 0.3 is 0 Å². The molecule has 0 amide bonds. The zero-order valence-corrected chi connectivity index (χ0v) is 11.7. The lowest BCUT2D eigenvalue weighted by Crippen LogP contribution is -2.41. The summed E-state index contributed by atoms with van der Waals surface area (Å²) in [7, 11) is 2.09. The van der Waals surface area contributed by atoms with Crippen LogP contribution in [0.15, 0.2) is 12.7 Å². The SMILES string of the molecule is C=CCCC(NC)C1CSC(C)C(C)S1. The summed E-state index contributed by atoms with van der Waals surface area (Å²) in [6, 6.07) is 0.649. The Bertz CT molecular complexity index is 196. The van der Waals surface area contributed by atoms with Crippen LogP contribution in [0.2, 0.25) is 0 Å². The Labute approximate surface area is 103 Å². The van der Waals surface area contributed by atoms with Crippen LogP contribution in [0.3, 0.4) is 0 Å². The highest BCUT2D eigenvalue weighted by Crippen LogP contribution is 2.37. The highest BCUT2D eigenvalue weighted by Gasteiger charge is 2.29. The van der Waals surface area contributed by atoms with Gasteiger partial charge in [0.15, 0.2) is 0 Å². The summed E-state index contributed by atoms with van der Waals surface area (Å²) >= 11 is 4.28. The summed E-state index contributed by atoms with van der Waals surface area (Å²) in [5.74, 6) is 1.29. The second-order valence-electron chi connectivity index (χ2n) is 4.18. The maximum atomic E-state index is 3.80. The molecule has 0 bridgehead atoms. The van der Waals surface area contributed by atoms with Crippen molar-refractivity contribution in [3.05, 3.63) is 12.7 Å². The molecule has 0 aliphatic carbocycles. The molecular weight excluding hydrogens is 222 g/mol. The Morgan fingerprint density at radius 1 is 1.47 bits per heavy atom. The second kappa shape index (κ2) is 6.87. The minimum absolute atomic E-state index is 0.649. The fourth-order valence-electron chi connectivity index (χ4n) is 1.83. The number of rotatable bonds is 5. The van der Waals surface area contributed by atoms with E-state index in [1.165, 1.54) is 12.2 Å². The van der Waals surface area contributed by atoms with Gasteiger partial charge in [-0.15, -0.1) is 6.58 Å². The third kappa shape index (κ3) is 4.04. The van der Waals surface area contributed by atoms with Crippen molar-refractivity contribution in [3.8, 4) is 0 Å². The molecule has 1 N–H and O–H groups in total. The van der Waals surface area contributed by atoms with Crippen molar-refractivity contribution in [2.45, 2.75) is 48.5 Å². The Balaban J connectivity index is 2.43. The van der Waals surface area contributed by atoms with Gasteiger partial charge in [-0.05, 0) is 19.9 Å². The van der Waals surface area contributed by atoms with Gasteiger partial charge in [-0.25, -0.2) is 0 Å². The van der Waals surface area contributed by atoms with Gasteiger partial charge in [0.2, 0.25) is 0 Å². The summed E-state index contributed by atoms with van der Waals surface area (Å²) in [4.78, 5) is 0. The number of hydrogen-bond donors (Lipinski definition) is 1. The van der Waals surface area contributed by atoms with Crippen LogP contribution in [-0.2, 0) is 0 Å². The molecule has 15 heavy (non-hydrogen) atoms. The van der Waals surface area contributed by atoms with Crippen LogP contribution in [-0.4, -0.2) is 34.6 Å². The van der Waals surface area contributed by atoms with Crippen molar-refractivity contribution < 1.29 is 0 Å². The van der Waals surface area contributed by atoms with Gasteiger partial charge in [0.05, 0.1) is 0 Å². The number of nitrogens with one attached hydrogen (secondary N) is 1. The Morgan fingerprint density at radius 3 is 2.73 bits per heavy atom. The van der Waals surface area contributed by atoms with Gasteiger partial charge in [-0.3, -0.25) is 0 Å². The van der Waals surface area contributed by atoms with Crippen LogP contribution in [0.5, 0.6) is 0 Å². The largest absolute Gasteiger partial charge is 0.316 e. The molecule has 1 fully saturated rings. The Hall–Kier alpha value is 0.400. The van der Waals surface area contributed by atoms with Crippen LogP contribution in [0, 0.1) is 0 Å². The van der Waals surface area contributed by atoms with Crippen molar-refractivity contribution in [3.63, 3.8) is 0 Å². The molecule has 1 nitrogen and oxygen atoms in total. The van der Waals surface area contributed by atoms with Gasteiger partial charge in [0.1, 0.15) is 0 Å². The van der Waals surface area contributed by atoms with Crippen LogP contribution in [0.4, 0.5) is 0 Å². The summed E-state index contributed by atoms with van der Waals surface area (Å²) in [6.07, 6.45) is 4.37. The molecular formula is C12H23NS2. The lowest BCUT2D eigenvalue weighted by atomic mass is 10.1. The quantitative estimate of drug-likeness (QED) is 0.747. The summed E-state index contributed by atoms with van der Waals surface area (Å²) in [5.41, 5.74) is 0. The van der Waals surface area contributed by atoms with Crippen LogP contribution < -0.4 is 5.32 Å². The fraction of sp³-hybridized carbons (Fsp3) is 0.833. The molecule has 0 aromatic heterocycles. The molecule has 88 valence electrons. The molecule has 1 rings (SSSR count). The summed E-state index contributed by atoms with van der Waals surface area (Å²) in [6.45, 7) is 8.50. The maximum absolute atomic E-state index is 3.80. The molecule has 0 aromatic carbocycles. The molecule has 1 heterocycles. The summed E-state index contributed by atoms with van der Waals surface area (Å²) in [5, 5.41) is 5.82. The number of hydrogen-bond acceptors (Lipinski definition) is 3. The van der Waals surface area contributed by atoms with E-state index in [2.05, 4.69) is 56.3 Å². The number of allylic oxidation sites excluding steroid dienone is 1. The molecule has 4 unspecified atom stereocenters. The minimum Gasteiger partial charge on any atom is -0.316 e. The molecule has 1 aliphatic heterocycles. The van der Waals surface area contributed by atoms with Crippen molar-refractivity contribution in [2.75, 3.05) is 12.8 Å². The Kier molecular flexibility index (Phi) is 6.17. The van der Waals surface area contributed by atoms with E-state index in [4.69, 9.17) is 0 Å². The maximum Gasteiger partial charge on any atom is 0.0294 e. The topological polar surface area (TPSA) is 12.0 Å². The third-order valence-electron chi connectivity index (χ3n) is 3.08. The molecule has 0 saturated carbocycles. The second-order valence-corrected chi connectivity index (χ2v) is 7.21. The third-order valence-corrected chi connectivity index (χ3v) is 6.63. The molecule has 0 radical (unpaired) electrons. The molecule has 3 heteroatoms. The van der Waals surface area contributed by atoms with Crippen molar-refractivity contribution in [2.24, 2.45) is 0 Å². The van der Waals surface area contributed by atoms with Gasteiger partial charge in [0.25, 0.3) is 0 Å². The Morgan fingerprint density at radius 2 is 2.20 bits per heavy atom. The smallest absolute Gasteiger partial charge is 0.0294 e. The monoisotopic (exact) mass is 245 g/mol. The number of thioether (sulfide) groups is 2.